The van der Waals surface area contributed by atoms with Crippen LogP contribution in [0.15, 0.2) is 18.2 Å². The highest BCUT2D eigenvalue weighted by Gasteiger charge is 2.29. The Bertz CT molecular complexity index is 509. The van der Waals surface area contributed by atoms with E-state index < -0.39 is 0 Å². The highest BCUT2D eigenvalue weighted by molar-refractivity contribution is 6.32. The van der Waals surface area contributed by atoms with E-state index in [0.717, 1.165) is 6.54 Å². The number of amides is 1. The van der Waals surface area contributed by atoms with Crippen LogP contribution in [0.25, 0.3) is 0 Å². The molecular weight excluding hydrogens is 250 g/mol. The maximum atomic E-state index is 12.0. The summed E-state index contributed by atoms with van der Waals surface area (Å²) in [5, 5.41) is 15.1. The van der Waals surface area contributed by atoms with Gasteiger partial charge in [0.05, 0.1) is 16.5 Å². The quantitative estimate of drug-likeness (QED) is 0.858. The van der Waals surface area contributed by atoms with E-state index >= 15 is 0 Å². The predicted molar refractivity (Wildman–Crippen MR) is 70.3 cm³/mol. The highest BCUT2D eigenvalue weighted by Crippen LogP contribution is 2.22. The number of hydrogen-bond donors (Lipinski definition) is 2. The van der Waals surface area contributed by atoms with Crippen LogP contribution in [0.5, 0.6) is 0 Å². The van der Waals surface area contributed by atoms with Gasteiger partial charge >= 0.3 is 0 Å². The minimum absolute atomic E-state index is 0.00623. The minimum atomic E-state index is -0.0144. The number of carbonyl (C=O) groups excluding carboxylic acids is 1. The fourth-order valence-corrected chi connectivity index (χ4v) is 2.30. The van der Waals surface area contributed by atoms with Gasteiger partial charge in [-0.05, 0) is 30.7 Å². The van der Waals surface area contributed by atoms with Gasteiger partial charge in [0.25, 0.3) is 0 Å². The van der Waals surface area contributed by atoms with Gasteiger partial charge in [0.15, 0.2) is 0 Å². The van der Waals surface area contributed by atoms with Crippen molar-refractivity contribution in [3.8, 4) is 6.07 Å². The van der Waals surface area contributed by atoms with Gasteiger partial charge in [0.1, 0.15) is 6.07 Å². The zero-order chi connectivity index (χ0) is 13.1. The number of anilines is 1. The topological polar surface area (TPSA) is 64.9 Å². The Labute approximate surface area is 111 Å². The van der Waals surface area contributed by atoms with E-state index in [4.69, 9.17) is 16.9 Å². The molecule has 0 aliphatic carbocycles. The first-order valence-corrected chi connectivity index (χ1v) is 6.21. The molecule has 1 aliphatic rings. The zero-order valence-corrected chi connectivity index (χ0v) is 10.8. The van der Waals surface area contributed by atoms with Gasteiger partial charge in [-0.2, -0.15) is 5.26 Å². The number of nitriles is 1. The van der Waals surface area contributed by atoms with Gasteiger partial charge in [-0.25, -0.2) is 0 Å². The third-order valence-electron chi connectivity index (χ3n) is 3.21. The van der Waals surface area contributed by atoms with Crippen molar-refractivity contribution in [2.75, 3.05) is 18.4 Å². The van der Waals surface area contributed by atoms with Crippen LogP contribution in [0.1, 0.15) is 12.5 Å². The maximum Gasteiger partial charge on any atom is 0.229 e. The van der Waals surface area contributed by atoms with Crippen molar-refractivity contribution in [2.24, 2.45) is 11.8 Å². The molecule has 1 aromatic rings. The first-order chi connectivity index (χ1) is 8.61. The molecule has 1 fully saturated rings. The molecule has 1 aromatic carbocycles. The van der Waals surface area contributed by atoms with Crippen molar-refractivity contribution in [3.05, 3.63) is 28.8 Å². The van der Waals surface area contributed by atoms with Crippen LogP contribution in [-0.4, -0.2) is 19.0 Å². The van der Waals surface area contributed by atoms with Crippen molar-refractivity contribution >= 4 is 23.2 Å². The Balaban J connectivity index is 2.08. The molecule has 1 saturated heterocycles. The van der Waals surface area contributed by atoms with Crippen LogP contribution in [0.4, 0.5) is 5.69 Å². The molecule has 0 unspecified atom stereocenters. The molecule has 0 aromatic heterocycles. The second kappa shape index (κ2) is 5.38. The van der Waals surface area contributed by atoms with Gasteiger partial charge in [0.2, 0.25) is 5.91 Å². The first-order valence-electron chi connectivity index (χ1n) is 5.83. The summed E-state index contributed by atoms with van der Waals surface area (Å²) in [6, 6.07) is 6.88. The zero-order valence-electron chi connectivity index (χ0n) is 10.0. The second-order valence-electron chi connectivity index (χ2n) is 4.54. The molecule has 1 aliphatic heterocycles. The van der Waals surface area contributed by atoms with E-state index in [-0.39, 0.29) is 11.8 Å². The largest absolute Gasteiger partial charge is 0.326 e. The third kappa shape index (κ3) is 2.63. The van der Waals surface area contributed by atoms with Crippen molar-refractivity contribution in [1.82, 2.24) is 5.32 Å². The Morgan fingerprint density at radius 3 is 2.89 bits per heavy atom. The standard InChI is InChI=1S/C13H14ClN3O/c1-8-6-16-7-11(8)13(18)17-10-3-2-9(5-15)12(14)4-10/h2-4,8,11,16H,6-7H2,1H3,(H,17,18)/t8-,11-/m1/s1. The highest BCUT2D eigenvalue weighted by atomic mass is 35.5. The fraction of sp³-hybridized carbons (Fsp3) is 0.385. The average Bonchev–Trinajstić information content (AvgIpc) is 2.76. The van der Waals surface area contributed by atoms with Crippen molar-refractivity contribution in [3.63, 3.8) is 0 Å². The Morgan fingerprint density at radius 1 is 1.56 bits per heavy atom. The van der Waals surface area contributed by atoms with E-state index in [0.29, 0.717) is 28.7 Å². The number of nitrogens with zero attached hydrogens (tertiary/aromatic N) is 1. The summed E-state index contributed by atoms with van der Waals surface area (Å²) in [5.74, 6) is 0.312. The van der Waals surface area contributed by atoms with Crippen LogP contribution in [0.3, 0.4) is 0 Å². The van der Waals surface area contributed by atoms with E-state index in [1.54, 1.807) is 18.2 Å². The molecule has 0 radical (unpaired) electrons. The van der Waals surface area contributed by atoms with E-state index in [2.05, 4.69) is 17.6 Å². The van der Waals surface area contributed by atoms with Crippen LogP contribution in [0, 0.1) is 23.2 Å². The normalized spacial score (nSPS) is 22.5. The Morgan fingerprint density at radius 2 is 2.33 bits per heavy atom. The number of nitrogens with one attached hydrogen (secondary N) is 2. The number of carbonyl (C=O) groups is 1. The summed E-state index contributed by atoms with van der Waals surface area (Å²) in [7, 11) is 0. The van der Waals surface area contributed by atoms with Gasteiger partial charge < -0.3 is 10.6 Å². The molecule has 0 bridgehead atoms. The lowest BCUT2D eigenvalue weighted by Gasteiger charge is -2.14. The molecule has 18 heavy (non-hydrogen) atoms. The summed E-state index contributed by atoms with van der Waals surface area (Å²) in [4.78, 5) is 12.0. The van der Waals surface area contributed by atoms with Crippen molar-refractivity contribution < 1.29 is 4.79 Å². The van der Waals surface area contributed by atoms with Crippen LogP contribution < -0.4 is 10.6 Å². The van der Waals surface area contributed by atoms with E-state index in [1.165, 1.54) is 0 Å². The van der Waals surface area contributed by atoms with E-state index in [1.807, 2.05) is 6.07 Å². The average molecular weight is 264 g/mol. The SMILES string of the molecule is C[C@@H]1CNC[C@H]1C(=O)Nc1ccc(C#N)c(Cl)c1. The molecule has 1 amide bonds. The number of halogens is 1. The van der Waals surface area contributed by atoms with Gasteiger partial charge in [0, 0.05) is 12.2 Å². The lowest BCUT2D eigenvalue weighted by Crippen LogP contribution is -2.27. The van der Waals surface area contributed by atoms with Crippen molar-refractivity contribution in [2.45, 2.75) is 6.92 Å². The van der Waals surface area contributed by atoms with E-state index in [9.17, 15) is 4.79 Å². The lowest BCUT2D eigenvalue weighted by molar-refractivity contribution is -0.120. The van der Waals surface area contributed by atoms with Crippen molar-refractivity contribution in [1.29, 1.82) is 5.26 Å². The molecule has 0 spiro atoms. The molecule has 2 rings (SSSR count). The first kappa shape index (κ1) is 12.9. The Hall–Kier alpha value is -1.57. The van der Waals surface area contributed by atoms with Gasteiger partial charge in [-0.1, -0.05) is 18.5 Å². The molecule has 2 N–H and O–H groups in total. The number of rotatable bonds is 2. The molecule has 4 nitrogen and oxygen atoms in total. The monoisotopic (exact) mass is 263 g/mol. The van der Waals surface area contributed by atoms with Gasteiger partial charge in [-0.15, -0.1) is 0 Å². The fourth-order valence-electron chi connectivity index (χ4n) is 2.08. The van der Waals surface area contributed by atoms with Crippen LogP contribution >= 0.6 is 11.6 Å². The summed E-state index contributed by atoms with van der Waals surface area (Å²) < 4.78 is 0. The summed E-state index contributed by atoms with van der Waals surface area (Å²) in [6.45, 7) is 3.62. The summed E-state index contributed by atoms with van der Waals surface area (Å²) >= 11 is 5.92. The number of hydrogen-bond acceptors (Lipinski definition) is 3. The van der Waals surface area contributed by atoms with Crippen LogP contribution in [-0.2, 0) is 4.79 Å². The maximum absolute atomic E-state index is 12.0. The molecule has 1 heterocycles. The molecule has 94 valence electrons. The summed E-state index contributed by atoms with van der Waals surface area (Å²) in [5.41, 5.74) is 1.04. The molecular formula is C13H14ClN3O. The minimum Gasteiger partial charge on any atom is -0.326 e. The smallest absolute Gasteiger partial charge is 0.229 e. The van der Waals surface area contributed by atoms with Crippen LogP contribution in [0.2, 0.25) is 5.02 Å². The second-order valence-corrected chi connectivity index (χ2v) is 4.94. The molecule has 0 saturated carbocycles. The third-order valence-corrected chi connectivity index (χ3v) is 3.52. The molecule has 2 atom stereocenters. The number of benzene rings is 1. The molecule has 5 heteroatoms. The van der Waals surface area contributed by atoms with Gasteiger partial charge in [-0.3, -0.25) is 4.79 Å². The predicted octanol–water partition coefficient (Wildman–Crippen LogP) is 2.01. The lowest BCUT2D eigenvalue weighted by atomic mass is 9.97. The Kier molecular flexibility index (Phi) is 3.85. The summed E-state index contributed by atoms with van der Waals surface area (Å²) in [6.07, 6.45) is 0.